The monoisotopic (exact) mass is 141 g/mol. The van der Waals surface area contributed by atoms with Gasteiger partial charge in [0.15, 0.2) is 0 Å². The number of hydrogen-bond acceptors (Lipinski definition) is 1. The molecule has 0 aromatic rings. The molecular weight excluding hydrogens is 122 g/mol. The molecule has 0 amide bonds. The Labute approximate surface area is 64.2 Å². The average Bonchev–Trinajstić information content (AvgIpc) is 1.88. The summed E-state index contributed by atoms with van der Waals surface area (Å²) in [6.07, 6.45) is 2.79. The van der Waals surface area contributed by atoms with Gasteiger partial charge in [-0.1, -0.05) is 20.8 Å². The third-order valence-electron chi connectivity index (χ3n) is 2.50. The summed E-state index contributed by atoms with van der Waals surface area (Å²) in [5, 5.41) is 3.57. The summed E-state index contributed by atoms with van der Waals surface area (Å²) >= 11 is 0. The smallest absolute Gasteiger partial charge is 0.00902 e. The highest BCUT2D eigenvalue weighted by molar-refractivity contribution is 4.77. The van der Waals surface area contributed by atoms with Crippen molar-refractivity contribution in [3.8, 4) is 0 Å². The number of nitrogens with one attached hydrogen (secondary N) is 1. The highest BCUT2D eigenvalue weighted by Gasteiger charge is 2.19. The summed E-state index contributed by atoms with van der Waals surface area (Å²) in [7, 11) is 0. The molecule has 0 spiro atoms. The molecule has 1 fully saturated rings. The standard InChI is InChI=1S/C9H19N/c1-7(2)9-5-4-8(3)6-10-9/h7-10H,4-6H2,1-3H3/t8?,9-/m0/s1. The number of piperidine rings is 1. The molecule has 1 N–H and O–H groups in total. The maximum Gasteiger partial charge on any atom is 0.00902 e. The second kappa shape index (κ2) is 3.38. The van der Waals surface area contributed by atoms with Crippen LogP contribution in [0.25, 0.3) is 0 Å². The Morgan fingerprint density at radius 3 is 2.40 bits per heavy atom. The average molecular weight is 141 g/mol. The molecule has 0 aromatic heterocycles. The lowest BCUT2D eigenvalue weighted by Crippen LogP contribution is -2.41. The van der Waals surface area contributed by atoms with Gasteiger partial charge in [0.05, 0.1) is 0 Å². The first-order chi connectivity index (χ1) is 4.70. The van der Waals surface area contributed by atoms with Crippen LogP contribution in [0, 0.1) is 11.8 Å². The molecule has 1 aliphatic rings. The maximum atomic E-state index is 3.57. The molecule has 0 bridgehead atoms. The Morgan fingerprint density at radius 1 is 1.30 bits per heavy atom. The Hall–Kier alpha value is -0.0400. The Morgan fingerprint density at radius 2 is 2.00 bits per heavy atom. The fraction of sp³-hybridized carbons (Fsp3) is 1.00. The Kier molecular flexibility index (Phi) is 2.72. The van der Waals surface area contributed by atoms with E-state index in [-0.39, 0.29) is 0 Å². The van der Waals surface area contributed by atoms with Crippen LogP contribution in [0.15, 0.2) is 0 Å². The molecule has 2 atom stereocenters. The van der Waals surface area contributed by atoms with E-state index in [1.807, 2.05) is 0 Å². The van der Waals surface area contributed by atoms with Gasteiger partial charge in [-0.2, -0.15) is 0 Å². The summed E-state index contributed by atoms with van der Waals surface area (Å²) < 4.78 is 0. The fourth-order valence-corrected chi connectivity index (χ4v) is 1.59. The Balaban J connectivity index is 2.26. The molecule has 1 unspecified atom stereocenters. The van der Waals surface area contributed by atoms with Gasteiger partial charge in [-0.15, -0.1) is 0 Å². The van der Waals surface area contributed by atoms with E-state index < -0.39 is 0 Å². The zero-order valence-electron chi connectivity index (χ0n) is 7.35. The van der Waals surface area contributed by atoms with Crippen LogP contribution in [0.3, 0.4) is 0 Å². The molecule has 1 rings (SSSR count). The summed E-state index contributed by atoms with van der Waals surface area (Å²) in [5.74, 6) is 1.71. The molecule has 0 saturated carbocycles. The van der Waals surface area contributed by atoms with Crippen molar-refractivity contribution >= 4 is 0 Å². The van der Waals surface area contributed by atoms with E-state index in [0.717, 1.165) is 17.9 Å². The van der Waals surface area contributed by atoms with Crippen LogP contribution in [0.4, 0.5) is 0 Å². The van der Waals surface area contributed by atoms with Gasteiger partial charge in [0.1, 0.15) is 0 Å². The van der Waals surface area contributed by atoms with Crippen LogP contribution >= 0.6 is 0 Å². The van der Waals surface area contributed by atoms with Gasteiger partial charge >= 0.3 is 0 Å². The predicted molar refractivity (Wildman–Crippen MR) is 45.0 cm³/mol. The summed E-state index contributed by atoms with van der Waals surface area (Å²) in [6, 6.07) is 0.788. The van der Waals surface area contributed by atoms with Crippen molar-refractivity contribution in [2.75, 3.05) is 6.54 Å². The number of rotatable bonds is 1. The minimum Gasteiger partial charge on any atom is -0.313 e. The fourth-order valence-electron chi connectivity index (χ4n) is 1.59. The van der Waals surface area contributed by atoms with E-state index in [1.165, 1.54) is 19.4 Å². The first-order valence-electron chi connectivity index (χ1n) is 4.43. The third-order valence-corrected chi connectivity index (χ3v) is 2.50. The van der Waals surface area contributed by atoms with E-state index in [2.05, 4.69) is 26.1 Å². The first-order valence-corrected chi connectivity index (χ1v) is 4.43. The van der Waals surface area contributed by atoms with Gasteiger partial charge in [-0.3, -0.25) is 0 Å². The van der Waals surface area contributed by atoms with Crippen LogP contribution in [0.5, 0.6) is 0 Å². The van der Waals surface area contributed by atoms with Crippen LogP contribution < -0.4 is 5.32 Å². The second-order valence-corrected chi connectivity index (χ2v) is 3.94. The Bertz CT molecular complexity index is 90.9. The SMILES string of the molecule is CC1CC[C@@H](C(C)C)NC1. The topological polar surface area (TPSA) is 12.0 Å². The largest absolute Gasteiger partial charge is 0.313 e. The molecule has 1 aliphatic heterocycles. The van der Waals surface area contributed by atoms with Crippen molar-refractivity contribution in [1.29, 1.82) is 0 Å². The lowest BCUT2D eigenvalue weighted by Gasteiger charge is -2.30. The normalized spacial score (nSPS) is 34.8. The van der Waals surface area contributed by atoms with Crippen molar-refractivity contribution in [3.63, 3.8) is 0 Å². The molecule has 10 heavy (non-hydrogen) atoms. The molecule has 0 aromatic carbocycles. The van der Waals surface area contributed by atoms with Crippen molar-refractivity contribution in [2.45, 2.75) is 39.7 Å². The van der Waals surface area contributed by atoms with Crippen molar-refractivity contribution in [3.05, 3.63) is 0 Å². The molecule has 1 heteroatoms. The molecular formula is C9H19N. The molecule has 60 valence electrons. The molecule has 1 nitrogen and oxygen atoms in total. The molecule has 1 saturated heterocycles. The van der Waals surface area contributed by atoms with Crippen molar-refractivity contribution < 1.29 is 0 Å². The van der Waals surface area contributed by atoms with Gasteiger partial charge in [0, 0.05) is 6.04 Å². The predicted octanol–water partition coefficient (Wildman–Crippen LogP) is 2.03. The van der Waals surface area contributed by atoms with Crippen molar-refractivity contribution in [1.82, 2.24) is 5.32 Å². The third kappa shape index (κ3) is 1.98. The lowest BCUT2D eigenvalue weighted by atomic mass is 9.90. The van der Waals surface area contributed by atoms with Crippen LogP contribution in [0.2, 0.25) is 0 Å². The molecule has 1 heterocycles. The number of hydrogen-bond donors (Lipinski definition) is 1. The lowest BCUT2D eigenvalue weighted by molar-refractivity contribution is 0.277. The molecule has 0 aliphatic carbocycles. The quantitative estimate of drug-likeness (QED) is 0.589. The first kappa shape index (κ1) is 8.06. The van der Waals surface area contributed by atoms with Gasteiger partial charge in [-0.25, -0.2) is 0 Å². The minimum atomic E-state index is 0.788. The zero-order chi connectivity index (χ0) is 7.56. The van der Waals surface area contributed by atoms with Gasteiger partial charge in [-0.05, 0) is 31.2 Å². The minimum absolute atomic E-state index is 0.788. The van der Waals surface area contributed by atoms with Crippen LogP contribution in [-0.4, -0.2) is 12.6 Å². The van der Waals surface area contributed by atoms with Gasteiger partial charge in [0.25, 0.3) is 0 Å². The zero-order valence-corrected chi connectivity index (χ0v) is 7.35. The van der Waals surface area contributed by atoms with Gasteiger partial charge < -0.3 is 5.32 Å². The van der Waals surface area contributed by atoms with E-state index in [4.69, 9.17) is 0 Å². The molecule has 0 radical (unpaired) electrons. The maximum absolute atomic E-state index is 3.57. The summed E-state index contributed by atoms with van der Waals surface area (Å²) in [4.78, 5) is 0. The highest BCUT2D eigenvalue weighted by atomic mass is 14.9. The van der Waals surface area contributed by atoms with E-state index in [1.54, 1.807) is 0 Å². The van der Waals surface area contributed by atoms with Crippen molar-refractivity contribution in [2.24, 2.45) is 11.8 Å². The van der Waals surface area contributed by atoms with Gasteiger partial charge in [0.2, 0.25) is 0 Å². The van der Waals surface area contributed by atoms with Crippen LogP contribution in [-0.2, 0) is 0 Å². The van der Waals surface area contributed by atoms with E-state index in [9.17, 15) is 0 Å². The van der Waals surface area contributed by atoms with Crippen LogP contribution in [0.1, 0.15) is 33.6 Å². The van der Waals surface area contributed by atoms with E-state index in [0.29, 0.717) is 0 Å². The van der Waals surface area contributed by atoms with E-state index >= 15 is 0 Å². The highest BCUT2D eigenvalue weighted by Crippen LogP contribution is 2.17. The summed E-state index contributed by atoms with van der Waals surface area (Å²) in [5.41, 5.74) is 0. The summed E-state index contributed by atoms with van der Waals surface area (Å²) in [6.45, 7) is 8.15. The second-order valence-electron chi connectivity index (χ2n) is 3.94.